The van der Waals surface area contributed by atoms with Crippen LogP contribution in [-0.2, 0) is 4.74 Å². The van der Waals surface area contributed by atoms with Crippen molar-refractivity contribution >= 4 is 5.69 Å². The number of rotatable bonds is 7. The predicted molar refractivity (Wildman–Crippen MR) is 78.2 cm³/mol. The highest BCUT2D eigenvalue weighted by Crippen LogP contribution is 2.22. The number of nitrogens with one attached hydrogen (secondary N) is 1. The van der Waals surface area contributed by atoms with E-state index >= 15 is 0 Å². The molecule has 1 aromatic carbocycles. The minimum absolute atomic E-state index is 0.151. The van der Waals surface area contributed by atoms with Gasteiger partial charge in [0.2, 0.25) is 0 Å². The Labute approximate surface area is 115 Å². The lowest BCUT2D eigenvalue weighted by atomic mass is 10.1. The third-order valence-electron chi connectivity index (χ3n) is 3.19. The summed E-state index contributed by atoms with van der Waals surface area (Å²) in [5.41, 5.74) is 1.56. The van der Waals surface area contributed by atoms with Crippen LogP contribution in [-0.4, -0.2) is 33.4 Å². The average molecular weight is 268 g/mol. The Kier molecular flexibility index (Phi) is 6.25. The number of nitrogens with zero attached hydrogens (tertiary/aromatic N) is 1. The second-order valence-electron chi connectivity index (χ2n) is 5.06. The van der Waals surface area contributed by atoms with Crippen molar-refractivity contribution in [3.8, 4) is 0 Å². The zero-order valence-electron chi connectivity index (χ0n) is 12.5. The van der Waals surface area contributed by atoms with E-state index in [1.54, 1.807) is 6.07 Å². The van der Waals surface area contributed by atoms with Gasteiger partial charge in [0, 0.05) is 19.6 Å². The summed E-state index contributed by atoms with van der Waals surface area (Å²) in [5.74, 6) is -0.188. The summed E-state index contributed by atoms with van der Waals surface area (Å²) < 4.78 is 19.6. The fourth-order valence-corrected chi connectivity index (χ4v) is 1.81. The van der Waals surface area contributed by atoms with Crippen molar-refractivity contribution in [3.05, 3.63) is 29.6 Å². The summed E-state index contributed by atoms with van der Waals surface area (Å²) >= 11 is 0. The minimum Gasteiger partial charge on any atom is -0.377 e. The van der Waals surface area contributed by atoms with E-state index in [-0.39, 0.29) is 18.0 Å². The van der Waals surface area contributed by atoms with Gasteiger partial charge in [-0.2, -0.15) is 0 Å². The van der Waals surface area contributed by atoms with Crippen LogP contribution in [0.15, 0.2) is 18.2 Å². The van der Waals surface area contributed by atoms with Crippen molar-refractivity contribution in [2.24, 2.45) is 0 Å². The van der Waals surface area contributed by atoms with Crippen LogP contribution in [0.1, 0.15) is 32.4 Å². The van der Waals surface area contributed by atoms with Gasteiger partial charge in [0.15, 0.2) is 0 Å². The lowest BCUT2D eigenvalue weighted by Crippen LogP contribution is -2.25. The van der Waals surface area contributed by atoms with Crippen LogP contribution in [0.5, 0.6) is 0 Å². The number of benzene rings is 1. The molecular weight excluding hydrogens is 243 g/mol. The molecule has 0 amide bonds. The molecule has 1 N–H and O–H groups in total. The van der Waals surface area contributed by atoms with Gasteiger partial charge in [0.25, 0.3) is 0 Å². The van der Waals surface area contributed by atoms with Crippen LogP contribution in [0.2, 0.25) is 0 Å². The molecule has 0 bridgehead atoms. The molecule has 19 heavy (non-hydrogen) atoms. The Bertz CT molecular complexity index is 396. The molecule has 1 rings (SSSR count). The zero-order chi connectivity index (χ0) is 14.4. The SMILES string of the molecule is CNC(C)c1ccc(N(C)CCOC(C)C)c(F)c1. The molecule has 108 valence electrons. The number of likely N-dealkylation sites (N-methyl/N-ethyl adjacent to an activating group) is 1. The number of anilines is 1. The first-order chi connectivity index (χ1) is 8.95. The van der Waals surface area contributed by atoms with Crippen LogP contribution >= 0.6 is 0 Å². The first-order valence-corrected chi connectivity index (χ1v) is 6.75. The maximum absolute atomic E-state index is 14.1. The normalized spacial score (nSPS) is 12.8. The molecule has 0 saturated carbocycles. The van der Waals surface area contributed by atoms with E-state index in [9.17, 15) is 4.39 Å². The fraction of sp³-hybridized carbons (Fsp3) is 0.600. The summed E-state index contributed by atoms with van der Waals surface area (Å²) in [5, 5.41) is 3.10. The van der Waals surface area contributed by atoms with Gasteiger partial charge in [0.1, 0.15) is 5.82 Å². The molecule has 0 aliphatic rings. The molecule has 0 radical (unpaired) electrons. The third-order valence-corrected chi connectivity index (χ3v) is 3.19. The Morgan fingerprint density at radius 1 is 1.32 bits per heavy atom. The monoisotopic (exact) mass is 268 g/mol. The van der Waals surface area contributed by atoms with Crippen LogP contribution in [0.3, 0.4) is 0 Å². The van der Waals surface area contributed by atoms with E-state index in [1.807, 2.05) is 51.9 Å². The van der Waals surface area contributed by atoms with Gasteiger partial charge in [-0.25, -0.2) is 4.39 Å². The van der Waals surface area contributed by atoms with Gasteiger partial charge in [-0.15, -0.1) is 0 Å². The Balaban J connectivity index is 2.67. The van der Waals surface area contributed by atoms with Gasteiger partial charge < -0.3 is 15.0 Å². The third kappa shape index (κ3) is 4.80. The quantitative estimate of drug-likeness (QED) is 0.823. The van der Waals surface area contributed by atoms with Crippen molar-refractivity contribution < 1.29 is 9.13 Å². The van der Waals surface area contributed by atoms with Gasteiger partial charge in [-0.3, -0.25) is 0 Å². The van der Waals surface area contributed by atoms with Crippen molar-refractivity contribution in [1.82, 2.24) is 5.32 Å². The van der Waals surface area contributed by atoms with Gasteiger partial charge >= 0.3 is 0 Å². The van der Waals surface area contributed by atoms with Crippen LogP contribution in [0.4, 0.5) is 10.1 Å². The molecule has 0 fully saturated rings. The molecule has 0 heterocycles. The molecular formula is C15H25FN2O. The highest BCUT2D eigenvalue weighted by atomic mass is 19.1. The van der Waals surface area contributed by atoms with E-state index in [0.29, 0.717) is 18.8 Å². The summed E-state index contributed by atoms with van der Waals surface area (Å²) in [6, 6.07) is 5.53. The van der Waals surface area contributed by atoms with E-state index in [0.717, 1.165) is 5.56 Å². The lowest BCUT2D eigenvalue weighted by Gasteiger charge is -2.21. The molecule has 1 aromatic rings. The predicted octanol–water partition coefficient (Wildman–Crippen LogP) is 2.97. The lowest BCUT2D eigenvalue weighted by molar-refractivity contribution is 0.0845. The second-order valence-corrected chi connectivity index (χ2v) is 5.06. The molecule has 0 aliphatic carbocycles. The van der Waals surface area contributed by atoms with Gasteiger partial charge in [-0.1, -0.05) is 6.07 Å². The minimum atomic E-state index is -0.188. The standard InChI is InChI=1S/C15H25FN2O/c1-11(2)19-9-8-18(5)15-7-6-13(10-14(15)16)12(3)17-4/h6-7,10-12,17H,8-9H2,1-5H3. The van der Waals surface area contributed by atoms with Crippen molar-refractivity contribution in [3.63, 3.8) is 0 Å². The molecule has 0 spiro atoms. The molecule has 1 unspecified atom stereocenters. The van der Waals surface area contributed by atoms with E-state index in [1.165, 1.54) is 0 Å². The molecule has 0 saturated heterocycles. The Morgan fingerprint density at radius 3 is 2.53 bits per heavy atom. The molecule has 4 heteroatoms. The highest BCUT2D eigenvalue weighted by Gasteiger charge is 2.11. The van der Waals surface area contributed by atoms with Crippen molar-refractivity contribution in [2.75, 3.05) is 32.1 Å². The van der Waals surface area contributed by atoms with Gasteiger partial charge in [0.05, 0.1) is 18.4 Å². The van der Waals surface area contributed by atoms with Gasteiger partial charge in [-0.05, 0) is 45.5 Å². The number of hydrogen-bond donors (Lipinski definition) is 1. The highest BCUT2D eigenvalue weighted by molar-refractivity contribution is 5.48. The maximum atomic E-state index is 14.1. The van der Waals surface area contributed by atoms with Crippen molar-refractivity contribution in [2.45, 2.75) is 32.9 Å². The van der Waals surface area contributed by atoms with Crippen molar-refractivity contribution in [1.29, 1.82) is 0 Å². The zero-order valence-corrected chi connectivity index (χ0v) is 12.5. The molecule has 0 aromatic heterocycles. The fourth-order valence-electron chi connectivity index (χ4n) is 1.81. The van der Waals surface area contributed by atoms with Crippen LogP contribution in [0, 0.1) is 5.82 Å². The number of halogens is 1. The van der Waals surface area contributed by atoms with E-state index in [2.05, 4.69) is 5.32 Å². The average Bonchev–Trinajstić information content (AvgIpc) is 2.36. The number of hydrogen-bond acceptors (Lipinski definition) is 3. The topological polar surface area (TPSA) is 24.5 Å². The summed E-state index contributed by atoms with van der Waals surface area (Å²) in [6.45, 7) is 7.27. The second kappa shape index (κ2) is 7.46. The largest absolute Gasteiger partial charge is 0.377 e. The smallest absolute Gasteiger partial charge is 0.146 e. The molecule has 3 nitrogen and oxygen atoms in total. The van der Waals surface area contributed by atoms with E-state index < -0.39 is 0 Å². The Morgan fingerprint density at radius 2 is 2.00 bits per heavy atom. The number of ether oxygens (including phenoxy) is 1. The first kappa shape index (κ1) is 15.9. The summed E-state index contributed by atoms with van der Waals surface area (Å²) in [6.07, 6.45) is 0.206. The first-order valence-electron chi connectivity index (χ1n) is 6.75. The summed E-state index contributed by atoms with van der Waals surface area (Å²) in [4.78, 5) is 1.88. The maximum Gasteiger partial charge on any atom is 0.146 e. The van der Waals surface area contributed by atoms with E-state index in [4.69, 9.17) is 4.74 Å². The summed E-state index contributed by atoms with van der Waals surface area (Å²) in [7, 11) is 3.75. The van der Waals surface area contributed by atoms with Crippen LogP contribution < -0.4 is 10.2 Å². The molecule has 1 atom stereocenters. The van der Waals surface area contributed by atoms with Crippen LogP contribution in [0.25, 0.3) is 0 Å². The molecule has 0 aliphatic heterocycles. The Hall–Kier alpha value is -1.13.